The molecule has 0 bridgehead atoms. The Morgan fingerprint density at radius 1 is 1.42 bits per heavy atom. The lowest BCUT2D eigenvalue weighted by atomic mass is 10.4. The normalized spacial score (nSPS) is 11.5. The van der Waals surface area contributed by atoms with E-state index in [2.05, 4.69) is 15.3 Å². The maximum Gasteiger partial charge on any atom is 0.209 e. The van der Waals surface area contributed by atoms with Crippen LogP contribution in [0.1, 0.15) is 19.2 Å². The van der Waals surface area contributed by atoms with Crippen molar-refractivity contribution in [2.45, 2.75) is 20.0 Å². The average Bonchev–Trinajstić information content (AvgIpc) is 2.30. The second kappa shape index (κ2) is 7.22. The van der Waals surface area contributed by atoms with E-state index >= 15 is 0 Å². The SMILES string of the molecule is CCOCc1nc(N)cc(NCCCS(N)(=O)=O)n1. The van der Waals surface area contributed by atoms with Gasteiger partial charge in [0.25, 0.3) is 0 Å². The van der Waals surface area contributed by atoms with Crippen molar-refractivity contribution in [3.8, 4) is 0 Å². The first-order chi connectivity index (χ1) is 8.90. The number of aromatic nitrogens is 2. The third-order valence-corrected chi connectivity index (χ3v) is 3.00. The van der Waals surface area contributed by atoms with E-state index in [0.29, 0.717) is 37.0 Å². The number of nitrogen functional groups attached to an aromatic ring is 1. The summed E-state index contributed by atoms with van der Waals surface area (Å²) in [6, 6.07) is 1.58. The number of anilines is 2. The minimum absolute atomic E-state index is 0.0770. The van der Waals surface area contributed by atoms with Gasteiger partial charge in [-0.05, 0) is 13.3 Å². The molecule has 1 aromatic heterocycles. The van der Waals surface area contributed by atoms with Gasteiger partial charge in [-0.1, -0.05) is 0 Å². The first-order valence-corrected chi connectivity index (χ1v) is 7.58. The zero-order valence-electron chi connectivity index (χ0n) is 10.8. The number of ether oxygens (including phenoxy) is 1. The molecule has 0 saturated carbocycles. The molecule has 0 aromatic carbocycles. The second-order valence-electron chi connectivity index (χ2n) is 3.88. The molecule has 0 radical (unpaired) electrons. The lowest BCUT2D eigenvalue weighted by Gasteiger charge is -2.08. The molecule has 0 aliphatic heterocycles. The highest BCUT2D eigenvalue weighted by Gasteiger charge is 2.04. The van der Waals surface area contributed by atoms with Crippen molar-refractivity contribution in [3.63, 3.8) is 0 Å². The average molecular weight is 289 g/mol. The van der Waals surface area contributed by atoms with Crippen LogP contribution in [0.2, 0.25) is 0 Å². The molecule has 5 N–H and O–H groups in total. The molecule has 1 rings (SSSR count). The van der Waals surface area contributed by atoms with Gasteiger partial charge in [-0.25, -0.2) is 23.5 Å². The third-order valence-electron chi connectivity index (χ3n) is 2.14. The van der Waals surface area contributed by atoms with Crippen molar-refractivity contribution in [1.82, 2.24) is 9.97 Å². The van der Waals surface area contributed by atoms with E-state index in [0.717, 1.165) is 0 Å². The van der Waals surface area contributed by atoms with Gasteiger partial charge in [0.05, 0.1) is 5.75 Å². The summed E-state index contributed by atoms with van der Waals surface area (Å²) in [5.74, 6) is 1.28. The fourth-order valence-corrected chi connectivity index (χ4v) is 1.90. The number of sulfonamides is 1. The Bertz CT molecular complexity index is 506. The van der Waals surface area contributed by atoms with Crippen LogP contribution in [0, 0.1) is 0 Å². The van der Waals surface area contributed by atoms with Crippen molar-refractivity contribution in [2.24, 2.45) is 5.14 Å². The van der Waals surface area contributed by atoms with Crippen LogP contribution in [0.15, 0.2) is 6.07 Å². The molecule has 1 aromatic rings. The standard InChI is InChI=1S/C10H19N5O3S/c1-2-18-7-10-14-8(11)6-9(15-10)13-4-3-5-19(12,16)17/h6H,2-5,7H2,1H3,(H2,12,16,17)(H3,11,13,14,15). The number of hydrogen-bond donors (Lipinski definition) is 3. The Kier molecular flexibility index (Phi) is 5.93. The highest BCUT2D eigenvalue weighted by atomic mass is 32.2. The van der Waals surface area contributed by atoms with Gasteiger partial charge < -0.3 is 15.8 Å². The van der Waals surface area contributed by atoms with Gasteiger partial charge in [0.1, 0.15) is 18.2 Å². The van der Waals surface area contributed by atoms with E-state index in [1.165, 1.54) is 0 Å². The van der Waals surface area contributed by atoms with Crippen LogP contribution in [0.3, 0.4) is 0 Å². The number of nitrogens with one attached hydrogen (secondary N) is 1. The molecule has 0 aliphatic rings. The molecule has 0 spiro atoms. The van der Waals surface area contributed by atoms with E-state index in [1.807, 2.05) is 6.92 Å². The Balaban J connectivity index is 2.51. The predicted octanol–water partition coefficient (Wildman–Crippen LogP) is -0.314. The van der Waals surface area contributed by atoms with E-state index < -0.39 is 10.0 Å². The van der Waals surface area contributed by atoms with Gasteiger partial charge >= 0.3 is 0 Å². The highest BCUT2D eigenvalue weighted by molar-refractivity contribution is 7.89. The largest absolute Gasteiger partial charge is 0.384 e. The fraction of sp³-hybridized carbons (Fsp3) is 0.600. The zero-order chi connectivity index (χ0) is 14.3. The second-order valence-corrected chi connectivity index (χ2v) is 5.61. The Labute approximate surface area is 112 Å². The van der Waals surface area contributed by atoms with Crippen LogP contribution in [-0.2, 0) is 21.4 Å². The number of nitrogens with zero attached hydrogens (tertiary/aromatic N) is 2. The zero-order valence-corrected chi connectivity index (χ0v) is 11.6. The minimum atomic E-state index is -3.42. The maximum atomic E-state index is 10.8. The van der Waals surface area contributed by atoms with Crippen molar-refractivity contribution >= 4 is 21.7 Å². The summed E-state index contributed by atoms with van der Waals surface area (Å²) in [6.07, 6.45) is 0.392. The quantitative estimate of drug-likeness (QED) is 0.559. The van der Waals surface area contributed by atoms with Crippen molar-refractivity contribution in [3.05, 3.63) is 11.9 Å². The van der Waals surface area contributed by atoms with Gasteiger partial charge in [0.2, 0.25) is 10.0 Å². The molecule has 0 fully saturated rings. The van der Waals surface area contributed by atoms with E-state index in [9.17, 15) is 8.42 Å². The molecule has 0 amide bonds. The number of hydrogen-bond acceptors (Lipinski definition) is 7. The summed E-state index contributed by atoms with van der Waals surface area (Å²) in [5.41, 5.74) is 5.64. The Hall–Kier alpha value is -1.45. The van der Waals surface area contributed by atoms with Crippen LogP contribution in [0.5, 0.6) is 0 Å². The molecular weight excluding hydrogens is 270 g/mol. The molecule has 0 unspecified atom stereocenters. The number of rotatable bonds is 8. The summed E-state index contributed by atoms with van der Waals surface area (Å²) in [4.78, 5) is 8.22. The molecule has 0 atom stereocenters. The lowest BCUT2D eigenvalue weighted by molar-refractivity contribution is 0.128. The van der Waals surface area contributed by atoms with Gasteiger partial charge in [0.15, 0.2) is 5.82 Å². The van der Waals surface area contributed by atoms with Crippen LogP contribution in [0.25, 0.3) is 0 Å². The molecule has 19 heavy (non-hydrogen) atoms. The van der Waals surface area contributed by atoms with Crippen LogP contribution >= 0.6 is 0 Å². The van der Waals surface area contributed by atoms with Crippen molar-refractivity contribution < 1.29 is 13.2 Å². The van der Waals surface area contributed by atoms with Gasteiger partial charge in [-0.3, -0.25) is 0 Å². The molecule has 9 heteroatoms. The molecule has 0 aliphatic carbocycles. The Morgan fingerprint density at radius 2 is 2.16 bits per heavy atom. The Morgan fingerprint density at radius 3 is 2.79 bits per heavy atom. The van der Waals surface area contributed by atoms with Crippen LogP contribution in [0.4, 0.5) is 11.6 Å². The first kappa shape index (κ1) is 15.6. The fourth-order valence-electron chi connectivity index (χ4n) is 1.36. The van der Waals surface area contributed by atoms with Crippen molar-refractivity contribution in [2.75, 3.05) is 30.0 Å². The lowest BCUT2D eigenvalue weighted by Crippen LogP contribution is -2.19. The monoisotopic (exact) mass is 289 g/mol. The minimum Gasteiger partial charge on any atom is -0.384 e. The summed E-state index contributed by atoms with van der Waals surface area (Å²) in [6.45, 7) is 3.16. The maximum absolute atomic E-state index is 10.8. The summed E-state index contributed by atoms with van der Waals surface area (Å²) in [7, 11) is -3.42. The third kappa shape index (κ3) is 6.89. The summed E-state index contributed by atoms with van der Waals surface area (Å²) in [5, 5.41) is 7.87. The number of nitrogens with two attached hydrogens (primary N) is 2. The molecular formula is C10H19N5O3S. The van der Waals surface area contributed by atoms with Crippen LogP contribution in [-0.4, -0.2) is 37.3 Å². The molecule has 8 nitrogen and oxygen atoms in total. The summed E-state index contributed by atoms with van der Waals surface area (Å²) < 4.78 is 26.7. The molecule has 108 valence electrons. The number of primary sulfonamides is 1. The van der Waals surface area contributed by atoms with E-state index in [4.69, 9.17) is 15.6 Å². The van der Waals surface area contributed by atoms with E-state index in [1.54, 1.807) is 6.07 Å². The van der Waals surface area contributed by atoms with Gasteiger partial charge in [-0.15, -0.1) is 0 Å². The first-order valence-electron chi connectivity index (χ1n) is 5.86. The molecule has 0 saturated heterocycles. The van der Waals surface area contributed by atoms with Gasteiger partial charge in [0, 0.05) is 19.2 Å². The summed E-state index contributed by atoms with van der Waals surface area (Å²) >= 11 is 0. The smallest absolute Gasteiger partial charge is 0.209 e. The van der Waals surface area contributed by atoms with Gasteiger partial charge in [-0.2, -0.15) is 0 Å². The van der Waals surface area contributed by atoms with Crippen molar-refractivity contribution in [1.29, 1.82) is 0 Å². The predicted molar refractivity (Wildman–Crippen MR) is 72.9 cm³/mol. The van der Waals surface area contributed by atoms with E-state index in [-0.39, 0.29) is 12.4 Å². The van der Waals surface area contributed by atoms with Crippen LogP contribution < -0.4 is 16.2 Å². The highest BCUT2D eigenvalue weighted by Crippen LogP contribution is 2.09. The molecule has 1 heterocycles. The topological polar surface area (TPSA) is 133 Å².